The molecule has 0 saturated carbocycles. The summed E-state index contributed by atoms with van der Waals surface area (Å²) in [6, 6.07) is -1.29. The molecule has 18 nitrogen and oxygen atoms in total. The molecule has 0 aromatic rings. The summed E-state index contributed by atoms with van der Waals surface area (Å²) in [5, 5.41) is 53.2. The van der Waals surface area contributed by atoms with Crippen molar-refractivity contribution in [2.24, 2.45) is 0 Å². The highest BCUT2D eigenvalue weighted by molar-refractivity contribution is 7.47. The van der Waals surface area contributed by atoms with Gasteiger partial charge in [0.15, 0.2) is 6.10 Å². The maximum Gasteiger partial charge on any atom is 0.472 e. The molecule has 1 fully saturated rings. The number of amides is 1. The third-order valence-electron chi connectivity index (χ3n) is 14.4. The van der Waals surface area contributed by atoms with Crippen molar-refractivity contribution in [3.05, 3.63) is 0 Å². The zero-order valence-electron chi connectivity index (χ0n) is 48.2. The lowest BCUT2D eigenvalue weighted by Gasteiger charge is -2.46. The van der Waals surface area contributed by atoms with Crippen molar-refractivity contribution in [3.8, 4) is 0 Å². The van der Waals surface area contributed by atoms with Gasteiger partial charge >= 0.3 is 25.7 Å². The van der Waals surface area contributed by atoms with Crippen molar-refractivity contribution in [1.82, 2.24) is 5.32 Å². The van der Waals surface area contributed by atoms with Crippen LogP contribution in [0, 0.1) is 0 Å². The Labute approximate surface area is 464 Å². The number of rotatable bonds is 54. The summed E-state index contributed by atoms with van der Waals surface area (Å²) in [5.74, 6) is -5.48. The van der Waals surface area contributed by atoms with Gasteiger partial charge in [-0.25, -0.2) is 9.36 Å². The van der Waals surface area contributed by atoms with Crippen LogP contribution in [0.2, 0.25) is 0 Å². The number of aliphatic hydroxyl groups is 4. The predicted molar refractivity (Wildman–Crippen MR) is 298 cm³/mol. The average molecular weight is 1120 g/mol. The fourth-order valence-electron chi connectivity index (χ4n) is 9.72. The number of hydrogen-bond acceptors (Lipinski definition) is 15. The summed E-state index contributed by atoms with van der Waals surface area (Å²) < 4.78 is 45.7. The number of carboxylic acids is 1. The number of ether oxygens (including phenoxy) is 4. The van der Waals surface area contributed by atoms with E-state index in [2.05, 4.69) is 19.2 Å². The van der Waals surface area contributed by atoms with Crippen LogP contribution in [0.15, 0.2) is 0 Å². The van der Waals surface area contributed by atoms with Crippen LogP contribution < -0.4 is 5.32 Å². The van der Waals surface area contributed by atoms with E-state index in [1.165, 1.54) is 141 Å². The van der Waals surface area contributed by atoms with Gasteiger partial charge in [0.1, 0.15) is 24.9 Å². The normalized spacial score (nSPS) is 19.6. The van der Waals surface area contributed by atoms with E-state index in [9.17, 15) is 54.2 Å². The summed E-state index contributed by atoms with van der Waals surface area (Å²) in [6.07, 6.45) is 31.7. The van der Waals surface area contributed by atoms with Crippen LogP contribution in [0.5, 0.6) is 0 Å². The van der Waals surface area contributed by atoms with Gasteiger partial charge in [-0.05, 0) is 25.7 Å². The quantitative estimate of drug-likeness (QED) is 0.0169. The zero-order valence-corrected chi connectivity index (χ0v) is 49.1. The van der Waals surface area contributed by atoms with Gasteiger partial charge in [0.25, 0.3) is 5.79 Å². The summed E-state index contributed by atoms with van der Waals surface area (Å²) in [7, 11) is -4.56. The molecule has 77 heavy (non-hydrogen) atoms. The van der Waals surface area contributed by atoms with Crippen LogP contribution in [-0.2, 0) is 51.7 Å². The molecule has 0 aromatic heterocycles. The first-order valence-corrected chi connectivity index (χ1v) is 32.0. The minimum atomic E-state index is -4.56. The first kappa shape index (κ1) is 72.8. The molecule has 19 heteroatoms. The van der Waals surface area contributed by atoms with Crippen LogP contribution in [0.4, 0.5) is 0 Å². The number of esters is 2. The molecule has 454 valence electrons. The minimum absolute atomic E-state index is 0.0902. The monoisotopic (exact) mass is 1120 g/mol. The second-order valence-electron chi connectivity index (χ2n) is 21.6. The van der Waals surface area contributed by atoms with Gasteiger partial charge in [0, 0.05) is 26.2 Å². The van der Waals surface area contributed by atoms with Crippen LogP contribution in [0.1, 0.15) is 271 Å². The second-order valence-corrected chi connectivity index (χ2v) is 23.1. The fraction of sp³-hybridized carbons (Fsp3) is 0.931. The Morgan fingerprint density at radius 3 is 1.42 bits per heavy atom. The average Bonchev–Trinajstić information content (AvgIpc) is 3.40. The number of phosphoric ester groups is 1. The number of carbonyl (C=O) groups is 4. The largest absolute Gasteiger partial charge is 0.477 e. The molecule has 0 aromatic carbocycles. The molecular weight excluding hydrogens is 1010 g/mol. The van der Waals surface area contributed by atoms with Gasteiger partial charge in [-0.15, -0.1) is 0 Å². The molecule has 7 N–H and O–H groups in total. The summed E-state index contributed by atoms with van der Waals surface area (Å²) >= 11 is 0. The van der Waals surface area contributed by atoms with Gasteiger partial charge in [-0.2, -0.15) is 0 Å². The molecule has 1 amide bonds. The van der Waals surface area contributed by atoms with E-state index in [-0.39, 0.29) is 32.7 Å². The second kappa shape index (κ2) is 47.4. The number of carboxylic acid groups (broad SMARTS) is 1. The summed E-state index contributed by atoms with van der Waals surface area (Å²) in [5.41, 5.74) is 0. The van der Waals surface area contributed by atoms with E-state index in [4.69, 9.17) is 28.0 Å². The summed E-state index contributed by atoms with van der Waals surface area (Å²) in [6.45, 7) is 3.77. The zero-order chi connectivity index (χ0) is 56.8. The van der Waals surface area contributed by atoms with Crippen LogP contribution in [0.3, 0.4) is 0 Å². The van der Waals surface area contributed by atoms with Crippen LogP contribution in [0.25, 0.3) is 0 Å². The third-order valence-corrected chi connectivity index (χ3v) is 15.4. The Morgan fingerprint density at radius 1 is 0.597 bits per heavy atom. The Balaban J connectivity index is 2.50. The van der Waals surface area contributed by atoms with Gasteiger partial charge in [-0.1, -0.05) is 219 Å². The molecule has 6 unspecified atom stereocenters. The Morgan fingerprint density at radius 2 is 1.00 bits per heavy atom. The number of unbranched alkanes of at least 4 members (excludes halogenated alkanes) is 33. The van der Waals surface area contributed by atoms with Crippen molar-refractivity contribution < 1.29 is 82.2 Å². The molecule has 0 bridgehead atoms. The van der Waals surface area contributed by atoms with E-state index < -0.39 is 93.6 Å². The van der Waals surface area contributed by atoms with E-state index in [0.717, 1.165) is 45.4 Å². The minimum Gasteiger partial charge on any atom is -0.477 e. The lowest BCUT2D eigenvalue weighted by molar-refractivity contribution is -0.311. The van der Waals surface area contributed by atoms with E-state index in [1.807, 2.05) is 0 Å². The highest BCUT2D eigenvalue weighted by Gasteiger charge is 2.55. The number of aliphatic hydroxyl groups excluding tert-OH is 4. The fourth-order valence-corrected chi connectivity index (χ4v) is 10.5. The topological polar surface area (TPSA) is 274 Å². The Bertz CT molecular complexity index is 1530. The van der Waals surface area contributed by atoms with Gasteiger partial charge < -0.3 is 54.7 Å². The number of phosphoric acid groups is 1. The molecule has 0 radical (unpaired) electrons. The standard InChI is InChI=1S/C58H110NO17P/c1-4-6-8-10-12-14-16-18-20-22-24-26-28-32-36-40-52(64)71-46-49(75-53(65)41-37-33-29-27-25-23-21-19-17-15-13-11-9-7-5-2)47-74-77(69,70)73-43-39-35-31-30-34-38-42-72-58(57(67)68)44-50(62)54(59-48(3)61)56(76-58)55(66)51(63)45-60/h49-51,54-56,60,62-63,66H,4-47H2,1-3H3,(H,59,61)(H,67,68)(H,69,70)/t49?,50?,51-,54?,55-,56?,58?/m1/s1. The van der Waals surface area contributed by atoms with Crippen molar-refractivity contribution in [3.63, 3.8) is 0 Å². The number of nitrogens with one attached hydrogen (secondary N) is 1. The van der Waals surface area contributed by atoms with E-state index in [0.29, 0.717) is 51.4 Å². The highest BCUT2D eigenvalue weighted by Crippen LogP contribution is 2.43. The summed E-state index contributed by atoms with van der Waals surface area (Å²) in [4.78, 5) is 60.2. The van der Waals surface area contributed by atoms with Crippen molar-refractivity contribution in [2.45, 2.75) is 314 Å². The van der Waals surface area contributed by atoms with Crippen molar-refractivity contribution in [2.75, 3.05) is 33.0 Å². The molecule has 1 aliphatic heterocycles. The van der Waals surface area contributed by atoms with Gasteiger partial charge in [-0.3, -0.25) is 23.4 Å². The first-order chi connectivity index (χ1) is 37.1. The molecule has 1 heterocycles. The maximum absolute atomic E-state index is 12.9. The number of hydrogen-bond donors (Lipinski definition) is 7. The smallest absolute Gasteiger partial charge is 0.472 e. The molecule has 1 aliphatic rings. The lowest BCUT2D eigenvalue weighted by Crippen LogP contribution is -2.67. The Hall–Kier alpha value is -2.25. The number of aliphatic carboxylic acids is 1. The number of carbonyl (C=O) groups excluding carboxylic acids is 3. The van der Waals surface area contributed by atoms with Gasteiger partial charge in [0.05, 0.1) is 38.6 Å². The van der Waals surface area contributed by atoms with E-state index >= 15 is 0 Å². The molecular formula is C58H110NO17P. The lowest BCUT2D eigenvalue weighted by atomic mass is 9.88. The van der Waals surface area contributed by atoms with E-state index in [1.54, 1.807) is 0 Å². The molecule has 1 rings (SSSR count). The third kappa shape index (κ3) is 38.2. The molecule has 8 atom stereocenters. The molecule has 0 spiro atoms. The molecule has 1 saturated heterocycles. The SMILES string of the molecule is CCCCCCCCCCCCCCCCCC(=O)OCC(COP(=O)(O)OCCCCCCCCOC1(C(=O)O)CC(O)C(NC(C)=O)C([C@H](O)[C@H](O)CO)O1)OC(=O)CCCCCCCCCCCCCCCCC. The molecule has 0 aliphatic carbocycles. The van der Waals surface area contributed by atoms with Crippen molar-refractivity contribution >= 4 is 31.6 Å². The van der Waals surface area contributed by atoms with Crippen molar-refractivity contribution in [1.29, 1.82) is 0 Å². The predicted octanol–water partition coefficient (Wildman–Crippen LogP) is 11.6. The highest BCUT2D eigenvalue weighted by atomic mass is 31.2. The van der Waals surface area contributed by atoms with Crippen LogP contribution in [-0.4, -0.2) is 130 Å². The Kier molecular flexibility index (Phi) is 44.8. The van der Waals surface area contributed by atoms with Crippen LogP contribution >= 0.6 is 7.82 Å². The first-order valence-electron chi connectivity index (χ1n) is 30.6. The maximum atomic E-state index is 12.9. The van der Waals surface area contributed by atoms with Gasteiger partial charge in [0.2, 0.25) is 5.91 Å².